The highest BCUT2D eigenvalue weighted by Gasteiger charge is 2.24. The van der Waals surface area contributed by atoms with Crippen LogP contribution in [0.2, 0.25) is 0 Å². The highest BCUT2D eigenvalue weighted by molar-refractivity contribution is 5.48. The van der Waals surface area contributed by atoms with Crippen molar-refractivity contribution >= 4 is 0 Å². The lowest BCUT2D eigenvalue weighted by molar-refractivity contribution is 0.0574. The standard InChI is InChI=1S/C12H17NO3/c1-13-6-8-4-10(14)11(15-2)5-9(8)12(7-13)16-3/h4-5,12,14H,6-7H2,1-3H3. The van der Waals surface area contributed by atoms with Gasteiger partial charge in [-0.3, -0.25) is 4.90 Å². The van der Waals surface area contributed by atoms with Crippen LogP contribution in [0.25, 0.3) is 0 Å². The molecule has 4 heteroatoms. The van der Waals surface area contributed by atoms with Crippen LogP contribution >= 0.6 is 0 Å². The molecular formula is C12H17NO3. The quantitative estimate of drug-likeness (QED) is 0.825. The van der Waals surface area contributed by atoms with Crippen LogP contribution < -0.4 is 4.74 Å². The molecule has 0 spiro atoms. The van der Waals surface area contributed by atoms with E-state index in [9.17, 15) is 5.11 Å². The lowest BCUT2D eigenvalue weighted by atomic mass is 9.97. The largest absolute Gasteiger partial charge is 0.504 e. The summed E-state index contributed by atoms with van der Waals surface area (Å²) in [6, 6.07) is 3.63. The van der Waals surface area contributed by atoms with Gasteiger partial charge in [-0.05, 0) is 30.3 Å². The van der Waals surface area contributed by atoms with Crippen molar-refractivity contribution in [3.63, 3.8) is 0 Å². The van der Waals surface area contributed by atoms with Gasteiger partial charge in [0.05, 0.1) is 13.2 Å². The van der Waals surface area contributed by atoms with E-state index in [0.717, 1.165) is 24.2 Å². The Morgan fingerprint density at radius 1 is 1.38 bits per heavy atom. The Morgan fingerprint density at radius 3 is 2.75 bits per heavy atom. The Bertz CT molecular complexity index is 392. The number of hydrogen-bond acceptors (Lipinski definition) is 4. The SMILES string of the molecule is COc1cc2c(cc1O)CN(C)CC2OC. The Labute approximate surface area is 95.4 Å². The molecule has 1 aromatic rings. The molecule has 2 rings (SSSR count). The van der Waals surface area contributed by atoms with Crippen LogP contribution in [-0.4, -0.2) is 37.8 Å². The van der Waals surface area contributed by atoms with Gasteiger partial charge in [0.25, 0.3) is 0 Å². The first-order valence-corrected chi connectivity index (χ1v) is 5.26. The van der Waals surface area contributed by atoms with Crippen LogP contribution in [0.1, 0.15) is 17.2 Å². The monoisotopic (exact) mass is 223 g/mol. The van der Waals surface area contributed by atoms with E-state index in [2.05, 4.69) is 4.90 Å². The van der Waals surface area contributed by atoms with Crippen molar-refractivity contribution in [2.75, 3.05) is 27.8 Å². The number of hydrogen-bond donors (Lipinski definition) is 1. The smallest absolute Gasteiger partial charge is 0.160 e. The second kappa shape index (κ2) is 4.31. The summed E-state index contributed by atoms with van der Waals surface area (Å²) in [5, 5.41) is 9.73. The number of rotatable bonds is 2. The molecule has 4 nitrogen and oxygen atoms in total. The van der Waals surface area contributed by atoms with Crippen molar-refractivity contribution < 1.29 is 14.6 Å². The molecule has 1 atom stereocenters. The number of methoxy groups -OCH3 is 2. The predicted molar refractivity (Wildman–Crippen MR) is 60.7 cm³/mol. The first kappa shape index (κ1) is 11.2. The predicted octanol–water partition coefficient (Wildman–Crippen LogP) is 1.53. The van der Waals surface area contributed by atoms with E-state index in [-0.39, 0.29) is 11.9 Å². The number of phenolic OH excluding ortho intramolecular Hbond substituents is 1. The Hall–Kier alpha value is -1.26. The molecule has 1 aliphatic rings. The molecule has 0 amide bonds. The molecule has 1 aliphatic heterocycles. The second-order valence-electron chi connectivity index (χ2n) is 4.14. The maximum absolute atomic E-state index is 9.73. The van der Waals surface area contributed by atoms with E-state index >= 15 is 0 Å². The number of fused-ring (bicyclic) bond motifs is 1. The maximum atomic E-state index is 9.73. The van der Waals surface area contributed by atoms with Gasteiger partial charge in [-0.15, -0.1) is 0 Å². The van der Waals surface area contributed by atoms with E-state index in [1.165, 1.54) is 0 Å². The molecule has 0 aromatic heterocycles. The molecule has 16 heavy (non-hydrogen) atoms. The minimum Gasteiger partial charge on any atom is -0.504 e. The fourth-order valence-corrected chi connectivity index (χ4v) is 2.17. The Balaban J connectivity index is 2.46. The van der Waals surface area contributed by atoms with E-state index in [4.69, 9.17) is 9.47 Å². The number of aromatic hydroxyl groups is 1. The Kier molecular flexibility index (Phi) is 3.03. The molecular weight excluding hydrogens is 206 g/mol. The van der Waals surface area contributed by atoms with Gasteiger partial charge in [0, 0.05) is 20.2 Å². The van der Waals surface area contributed by atoms with Crippen molar-refractivity contribution in [1.82, 2.24) is 4.90 Å². The van der Waals surface area contributed by atoms with Gasteiger partial charge in [0.15, 0.2) is 11.5 Å². The minimum absolute atomic E-state index is 0.0447. The van der Waals surface area contributed by atoms with Gasteiger partial charge in [-0.2, -0.15) is 0 Å². The third kappa shape index (κ3) is 1.86. The molecule has 1 heterocycles. The highest BCUT2D eigenvalue weighted by atomic mass is 16.5. The van der Waals surface area contributed by atoms with Crippen molar-refractivity contribution in [1.29, 1.82) is 0 Å². The normalized spacial score (nSPS) is 20.6. The van der Waals surface area contributed by atoms with E-state index < -0.39 is 0 Å². The number of nitrogens with zero attached hydrogens (tertiary/aromatic N) is 1. The third-order valence-corrected chi connectivity index (χ3v) is 2.99. The van der Waals surface area contributed by atoms with Crippen LogP contribution in [0.3, 0.4) is 0 Å². The van der Waals surface area contributed by atoms with Gasteiger partial charge in [-0.25, -0.2) is 0 Å². The van der Waals surface area contributed by atoms with E-state index in [0.29, 0.717) is 5.75 Å². The minimum atomic E-state index is 0.0447. The summed E-state index contributed by atoms with van der Waals surface area (Å²) in [6.45, 7) is 1.68. The lowest BCUT2D eigenvalue weighted by Crippen LogP contribution is -2.31. The topological polar surface area (TPSA) is 41.9 Å². The number of benzene rings is 1. The van der Waals surface area contributed by atoms with Crippen LogP contribution in [0.15, 0.2) is 12.1 Å². The second-order valence-corrected chi connectivity index (χ2v) is 4.14. The molecule has 1 aromatic carbocycles. The van der Waals surface area contributed by atoms with Crippen molar-refractivity contribution in [3.05, 3.63) is 23.3 Å². The number of ether oxygens (including phenoxy) is 2. The summed E-state index contributed by atoms with van der Waals surface area (Å²) in [7, 11) is 5.29. The molecule has 0 bridgehead atoms. The molecule has 1 unspecified atom stereocenters. The van der Waals surface area contributed by atoms with Gasteiger partial charge >= 0.3 is 0 Å². The van der Waals surface area contributed by atoms with Crippen LogP contribution in [0.5, 0.6) is 11.5 Å². The van der Waals surface area contributed by atoms with E-state index in [1.54, 1.807) is 20.3 Å². The van der Waals surface area contributed by atoms with Gasteiger partial charge < -0.3 is 14.6 Å². The molecule has 0 fully saturated rings. The third-order valence-electron chi connectivity index (χ3n) is 2.99. The average Bonchev–Trinajstić information content (AvgIpc) is 2.26. The maximum Gasteiger partial charge on any atom is 0.160 e. The van der Waals surface area contributed by atoms with Crippen LogP contribution in [-0.2, 0) is 11.3 Å². The van der Waals surface area contributed by atoms with Crippen molar-refractivity contribution in [2.24, 2.45) is 0 Å². The zero-order chi connectivity index (χ0) is 11.7. The van der Waals surface area contributed by atoms with E-state index in [1.807, 2.05) is 13.1 Å². The first-order valence-electron chi connectivity index (χ1n) is 5.26. The van der Waals surface area contributed by atoms with Crippen LogP contribution in [0.4, 0.5) is 0 Å². The summed E-state index contributed by atoms with van der Waals surface area (Å²) in [4.78, 5) is 2.17. The molecule has 0 radical (unpaired) electrons. The molecule has 1 N–H and O–H groups in total. The number of phenols is 1. The summed E-state index contributed by atoms with van der Waals surface area (Å²) in [6.07, 6.45) is 0.0447. The Morgan fingerprint density at radius 2 is 2.12 bits per heavy atom. The summed E-state index contributed by atoms with van der Waals surface area (Å²) >= 11 is 0. The average molecular weight is 223 g/mol. The fourth-order valence-electron chi connectivity index (χ4n) is 2.17. The zero-order valence-electron chi connectivity index (χ0n) is 9.86. The van der Waals surface area contributed by atoms with Gasteiger partial charge in [0.2, 0.25) is 0 Å². The highest BCUT2D eigenvalue weighted by Crippen LogP contribution is 2.36. The van der Waals surface area contributed by atoms with Gasteiger partial charge in [-0.1, -0.05) is 0 Å². The lowest BCUT2D eigenvalue weighted by Gasteiger charge is -2.31. The summed E-state index contributed by atoms with van der Waals surface area (Å²) in [5.74, 6) is 0.691. The summed E-state index contributed by atoms with van der Waals surface area (Å²) < 4.78 is 10.6. The zero-order valence-corrected chi connectivity index (χ0v) is 9.86. The molecule has 88 valence electrons. The first-order chi connectivity index (χ1) is 7.65. The molecule has 0 saturated heterocycles. The van der Waals surface area contributed by atoms with Crippen molar-refractivity contribution in [2.45, 2.75) is 12.6 Å². The molecule has 0 aliphatic carbocycles. The van der Waals surface area contributed by atoms with Crippen LogP contribution in [0, 0.1) is 0 Å². The molecule has 0 saturated carbocycles. The fraction of sp³-hybridized carbons (Fsp3) is 0.500. The number of likely N-dealkylation sites (N-methyl/N-ethyl adjacent to an activating group) is 1. The van der Waals surface area contributed by atoms with Gasteiger partial charge in [0.1, 0.15) is 0 Å². The summed E-state index contributed by atoms with van der Waals surface area (Å²) in [5.41, 5.74) is 2.20. The van der Waals surface area contributed by atoms with Crippen molar-refractivity contribution in [3.8, 4) is 11.5 Å².